The lowest BCUT2D eigenvalue weighted by Gasteiger charge is -2.31. The zero-order valence-electron chi connectivity index (χ0n) is 14.3. The first-order valence-corrected chi connectivity index (χ1v) is 8.73. The van der Waals surface area contributed by atoms with E-state index < -0.39 is 0 Å². The number of nitrogens with one attached hydrogen (secondary N) is 1. The molecule has 7 nitrogen and oxygen atoms in total. The van der Waals surface area contributed by atoms with E-state index in [0.717, 1.165) is 44.1 Å². The van der Waals surface area contributed by atoms with E-state index in [1.807, 2.05) is 18.2 Å². The third-order valence-corrected chi connectivity index (χ3v) is 4.29. The minimum atomic E-state index is 0.0731. The average Bonchev–Trinajstić information content (AvgIpc) is 3.19. The third-order valence-electron chi connectivity index (χ3n) is 4.29. The average molecular weight is 344 g/mol. The minimum Gasteiger partial charge on any atom is -0.467 e. The van der Waals surface area contributed by atoms with Gasteiger partial charge < -0.3 is 19.4 Å². The minimum absolute atomic E-state index is 0.0731. The Kier molecular flexibility index (Phi) is 6.39. The monoisotopic (exact) mass is 344 g/mol. The van der Waals surface area contributed by atoms with E-state index in [1.54, 1.807) is 18.7 Å². The summed E-state index contributed by atoms with van der Waals surface area (Å²) in [5.41, 5.74) is 0. The molecule has 2 aromatic rings. The summed E-state index contributed by atoms with van der Waals surface area (Å²) in [6.07, 6.45) is 7.58. The molecule has 1 aliphatic rings. The van der Waals surface area contributed by atoms with Crippen LogP contribution in [-0.4, -0.2) is 42.1 Å². The van der Waals surface area contributed by atoms with E-state index in [9.17, 15) is 4.79 Å². The number of amides is 1. The smallest absolute Gasteiger partial charge is 0.225 e. The van der Waals surface area contributed by atoms with Gasteiger partial charge in [0.05, 0.1) is 6.26 Å². The Balaban J connectivity index is 1.28. The third kappa shape index (κ3) is 5.29. The van der Waals surface area contributed by atoms with Crippen LogP contribution in [0.2, 0.25) is 0 Å². The highest BCUT2D eigenvalue weighted by atomic mass is 16.5. The maximum atomic E-state index is 12.2. The molecule has 1 amide bonds. The molecule has 0 unspecified atom stereocenters. The number of furan rings is 1. The topological polar surface area (TPSA) is 80.5 Å². The van der Waals surface area contributed by atoms with Crippen LogP contribution in [-0.2, 0) is 16.1 Å². The Bertz CT molecular complexity index is 625. The molecule has 1 aliphatic heterocycles. The molecule has 2 aromatic heterocycles. The van der Waals surface area contributed by atoms with Crippen molar-refractivity contribution in [1.82, 2.24) is 15.3 Å². The van der Waals surface area contributed by atoms with Crippen LogP contribution in [0.4, 0.5) is 5.95 Å². The number of hydrogen-bond donors (Lipinski definition) is 1. The quantitative estimate of drug-likeness (QED) is 0.738. The normalized spacial score (nSPS) is 15.3. The first kappa shape index (κ1) is 17.4. The summed E-state index contributed by atoms with van der Waals surface area (Å²) < 4.78 is 10.7. The fourth-order valence-corrected chi connectivity index (χ4v) is 2.89. The second-order valence-electron chi connectivity index (χ2n) is 6.09. The lowest BCUT2D eigenvalue weighted by molar-refractivity contribution is -0.125. The lowest BCUT2D eigenvalue weighted by Crippen LogP contribution is -2.41. The van der Waals surface area contributed by atoms with Crippen molar-refractivity contribution >= 4 is 11.9 Å². The Morgan fingerprint density at radius 3 is 2.80 bits per heavy atom. The number of carbonyl (C=O) groups is 1. The van der Waals surface area contributed by atoms with E-state index in [0.29, 0.717) is 19.8 Å². The van der Waals surface area contributed by atoms with Gasteiger partial charge in [-0.05, 0) is 37.5 Å². The highest BCUT2D eigenvalue weighted by Crippen LogP contribution is 2.20. The van der Waals surface area contributed by atoms with Crippen LogP contribution in [0.3, 0.4) is 0 Å². The molecule has 7 heteroatoms. The molecule has 1 fully saturated rings. The molecule has 0 aliphatic carbocycles. The maximum absolute atomic E-state index is 12.2. The zero-order valence-corrected chi connectivity index (χ0v) is 14.3. The Morgan fingerprint density at radius 1 is 1.28 bits per heavy atom. The SMILES string of the molecule is O=C(NCCCOCc1ccco1)C1CCN(c2ncccn2)CC1. The molecule has 0 aromatic carbocycles. The van der Waals surface area contributed by atoms with E-state index in [1.165, 1.54) is 0 Å². The van der Waals surface area contributed by atoms with E-state index >= 15 is 0 Å². The van der Waals surface area contributed by atoms with Gasteiger partial charge in [-0.3, -0.25) is 4.79 Å². The number of rotatable bonds is 8. The van der Waals surface area contributed by atoms with E-state index in [-0.39, 0.29) is 11.8 Å². The molecule has 1 N–H and O–H groups in total. The summed E-state index contributed by atoms with van der Waals surface area (Å²) in [6, 6.07) is 5.53. The van der Waals surface area contributed by atoms with Crippen molar-refractivity contribution in [3.05, 3.63) is 42.6 Å². The van der Waals surface area contributed by atoms with Crippen LogP contribution in [0.25, 0.3) is 0 Å². The van der Waals surface area contributed by atoms with Crippen molar-refractivity contribution in [2.24, 2.45) is 5.92 Å². The maximum Gasteiger partial charge on any atom is 0.225 e. The Morgan fingerprint density at radius 2 is 2.08 bits per heavy atom. The second-order valence-corrected chi connectivity index (χ2v) is 6.09. The first-order valence-electron chi connectivity index (χ1n) is 8.73. The van der Waals surface area contributed by atoms with Crippen molar-refractivity contribution in [1.29, 1.82) is 0 Å². The Labute approximate surface area is 147 Å². The molecule has 0 saturated carbocycles. The molecule has 3 rings (SSSR count). The van der Waals surface area contributed by atoms with Gasteiger partial charge in [0.2, 0.25) is 11.9 Å². The van der Waals surface area contributed by atoms with Gasteiger partial charge in [-0.15, -0.1) is 0 Å². The number of carbonyl (C=O) groups excluding carboxylic acids is 1. The van der Waals surface area contributed by atoms with Gasteiger partial charge in [-0.25, -0.2) is 9.97 Å². The number of anilines is 1. The number of ether oxygens (including phenoxy) is 1. The van der Waals surface area contributed by atoms with Crippen molar-refractivity contribution in [2.45, 2.75) is 25.9 Å². The van der Waals surface area contributed by atoms with Crippen molar-refractivity contribution in [3.63, 3.8) is 0 Å². The molecule has 134 valence electrons. The van der Waals surface area contributed by atoms with Gasteiger partial charge in [-0.2, -0.15) is 0 Å². The summed E-state index contributed by atoms with van der Waals surface area (Å²) in [5.74, 6) is 1.77. The van der Waals surface area contributed by atoms with Crippen LogP contribution in [0, 0.1) is 5.92 Å². The predicted octanol–water partition coefficient (Wildman–Crippen LogP) is 2.01. The predicted molar refractivity (Wildman–Crippen MR) is 93.0 cm³/mol. The summed E-state index contributed by atoms with van der Waals surface area (Å²) >= 11 is 0. The van der Waals surface area contributed by atoms with Gasteiger partial charge in [0.15, 0.2) is 0 Å². The molecule has 25 heavy (non-hydrogen) atoms. The molecule has 0 radical (unpaired) electrons. The van der Waals surface area contributed by atoms with Crippen LogP contribution in [0.5, 0.6) is 0 Å². The standard InChI is InChI=1S/C18H24N4O3/c23-17(19-9-3-12-24-14-16-4-1-13-25-16)15-5-10-22(11-6-15)18-20-7-2-8-21-18/h1-2,4,7-8,13,15H,3,5-6,9-12,14H2,(H,19,23). The van der Waals surface area contributed by atoms with Gasteiger partial charge in [0.25, 0.3) is 0 Å². The van der Waals surface area contributed by atoms with Crippen LogP contribution in [0.15, 0.2) is 41.3 Å². The summed E-state index contributed by atoms with van der Waals surface area (Å²) in [4.78, 5) is 22.9. The molecule has 1 saturated heterocycles. The largest absolute Gasteiger partial charge is 0.467 e. The van der Waals surface area contributed by atoms with Crippen molar-refractivity contribution < 1.29 is 13.9 Å². The van der Waals surface area contributed by atoms with Gasteiger partial charge >= 0.3 is 0 Å². The highest BCUT2D eigenvalue weighted by molar-refractivity contribution is 5.78. The van der Waals surface area contributed by atoms with Gasteiger partial charge in [-0.1, -0.05) is 0 Å². The van der Waals surface area contributed by atoms with Crippen molar-refractivity contribution in [3.8, 4) is 0 Å². The van der Waals surface area contributed by atoms with E-state index in [4.69, 9.17) is 9.15 Å². The molecule has 0 bridgehead atoms. The number of aromatic nitrogens is 2. The first-order chi connectivity index (χ1) is 12.3. The highest BCUT2D eigenvalue weighted by Gasteiger charge is 2.25. The van der Waals surface area contributed by atoms with Crippen LogP contribution >= 0.6 is 0 Å². The molecular formula is C18H24N4O3. The van der Waals surface area contributed by atoms with Crippen LogP contribution in [0.1, 0.15) is 25.0 Å². The van der Waals surface area contributed by atoms with Crippen molar-refractivity contribution in [2.75, 3.05) is 31.1 Å². The summed E-state index contributed by atoms with van der Waals surface area (Å²) in [6.45, 7) is 3.34. The fraction of sp³-hybridized carbons (Fsp3) is 0.500. The van der Waals surface area contributed by atoms with E-state index in [2.05, 4.69) is 20.2 Å². The number of nitrogens with zero attached hydrogens (tertiary/aromatic N) is 3. The zero-order chi connectivity index (χ0) is 17.3. The lowest BCUT2D eigenvalue weighted by atomic mass is 9.96. The van der Waals surface area contributed by atoms with Gasteiger partial charge in [0.1, 0.15) is 12.4 Å². The summed E-state index contributed by atoms with van der Waals surface area (Å²) in [5, 5.41) is 3.01. The van der Waals surface area contributed by atoms with Crippen LogP contribution < -0.4 is 10.2 Å². The van der Waals surface area contributed by atoms with Gasteiger partial charge in [0, 0.05) is 44.6 Å². The Hall–Kier alpha value is -2.41. The number of piperidine rings is 1. The summed E-state index contributed by atoms with van der Waals surface area (Å²) in [7, 11) is 0. The molecular weight excluding hydrogens is 320 g/mol. The number of hydrogen-bond acceptors (Lipinski definition) is 6. The molecule has 0 atom stereocenters. The fourth-order valence-electron chi connectivity index (χ4n) is 2.89. The molecule has 0 spiro atoms. The second kappa shape index (κ2) is 9.17. The molecule has 3 heterocycles.